The van der Waals surface area contributed by atoms with Crippen molar-refractivity contribution in [1.29, 1.82) is 0 Å². The SMILES string of the molecule is CCNCc1cccc(F)c1-n1nc(C)c(Br)c1C. The fourth-order valence-corrected chi connectivity index (χ4v) is 2.29. The molecule has 0 unspecified atom stereocenters. The summed E-state index contributed by atoms with van der Waals surface area (Å²) >= 11 is 3.48. The van der Waals surface area contributed by atoms with E-state index in [9.17, 15) is 4.39 Å². The average molecular weight is 326 g/mol. The summed E-state index contributed by atoms with van der Waals surface area (Å²) in [6, 6.07) is 5.12. The summed E-state index contributed by atoms with van der Waals surface area (Å²) in [6.07, 6.45) is 0. The second kappa shape index (κ2) is 5.84. The second-order valence-corrected chi connectivity index (χ2v) is 5.22. The molecule has 1 aromatic carbocycles. The van der Waals surface area contributed by atoms with Crippen LogP contribution in [0.4, 0.5) is 4.39 Å². The van der Waals surface area contributed by atoms with E-state index >= 15 is 0 Å². The molecule has 102 valence electrons. The molecular formula is C14H17BrFN3. The molecule has 2 aromatic rings. The maximum absolute atomic E-state index is 14.2. The average Bonchev–Trinajstić information content (AvgIpc) is 2.64. The van der Waals surface area contributed by atoms with Crippen LogP contribution in [0.2, 0.25) is 0 Å². The van der Waals surface area contributed by atoms with Crippen LogP contribution in [0, 0.1) is 19.7 Å². The van der Waals surface area contributed by atoms with Gasteiger partial charge >= 0.3 is 0 Å². The van der Waals surface area contributed by atoms with Crippen molar-refractivity contribution >= 4 is 15.9 Å². The maximum Gasteiger partial charge on any atom is 0.149 e. The molecule has 1 N–H and O–H groups in total. The zero-order valence-electron chi connectivity index (χ0n) is 11.3. The second-order valence-electron chi connectivity index (χ2n) is 4.42. The van der Waals surface area contributed by atoms with E-state index in [0.29, 0.717) is 12.2 Å². The highest BCUT2D eigenvalue weighted by atomic mass is 79.9. The van der Waals surface area contributed by atoms with Crippen molar-refractivity contribution in [3.05, 3.63) is 45.4 Å². The van der Waals surface area contributed by atoms with Gasteiger partial charge in [-0.1, -0.05) is 19.1 Å². The molecule has 0 saturated carbocycles. The van der Waals surface area contributed by atoms with Gasteiger partial charge < -0.3 is 5.32 Å². The molecule has 0 atom stereocenters. The summed E-state index contributed by atoms with van der Waals surface area (Å²) in [7, 11) is 0. The van der Waals surface area contributed by atoms with Gasteiger partial charge in [0.25, 0.3) is 0 Å². The van der Waals surface area contributed by atoms with E-state index in [1.54, 1.807) is 10.7 Å². The van der Waals surface area contributed by atoms with Crippen LogP contribution in [0.1, 0.15) is 23.9 Å². The Hall–Kier alpha value is -1.20. The van der Waals surface area contributed by atoms with Crippen molar-refractivity contribution in [2.24, 2.45) is 0 Å². The smallest absolute Gasteiger partial charge is 0.149 e. The highest BCUT2D eigenvalue weighted by Gasteiger charge is 2.16. The fourth-order valence-electron chi connectivity index (χ4n) is 2.04. The number of nitrogens with zero attached hydrogens (tertiary/aromatic N) is 2. The molecule has 0 aliphatic carbocycles. The van der Waals surface area contributed by atoms with Crippen LogP contribution in [0.5, 0.6) is 0 Å². The summed E-state index contributed by atoms with van der Waals surface area (Å²) in [5, 5.41) is 7.63. The molecule has 0 amide bonds. The van der Waals surface area contributed by atoms with E-state index in [0.717, 1.165) is 28.0 Å². The number of aromatic nitrogens is 2. The van der Waals surface area contributed by atoms with Gasteiger partial charge in [0.15, 0.2) is 0 Å². The minimum atomic E-state index is -0.256. The predicted molar refractivity (Wildman–Crippen MR) is 78.1 cm³/mol. The number of hydrogen-bond donors (Lipinski definition) is 1. The molecule has 3 nitrogen and oxygen atoms in total. The fraction of sp³-hybridized carbons (Fsp3) is 0.357. The van der Waals surface area contributed by atoms with Crippen LogP contribution in [-0.4, -0.2) is 16.3 Å². The number of aryl methyl sites for hydroxylation is 1. The van der Waals surface area contributed by atoms with E-state index in [4.69, 9.17) is 0 Å². The third kappa shape index (κ3) is 2.72. The molecule has 0 aliphatic heterocycles. The molecule has 0 bridgehead atoms. The lowest BCUT2D eigenvalue weighted by atomic mass is 10.1. The molecule has 0 saturated heterocycles. The number of rotatable bonds is 4. The van der Waals surface area contributed by atoms with E-state index in [-0.39, 0.29) is 5.82 Å². The third-order valence-corrected chi connectivity index (χ3v) is 4.20. The monoisotopic (exact) mass is 325 g/mol. The topological polar surface area (TPSA) is 29.9 Å². The Kier molecular flexibility index (Phi) is 4.37. The molecule has 1 heterocycles. The zero-order chi connectivity index (χ0) is 14.0. The van der Waals surface area contributed by atoms with Crippen molar-refractivity contribution in [2.75, 3.05) is 6.54 Å². The van der Waals surface area contributed by atoms with E-state index in [2.05, 4.69) is 26.3 Å². The summed E-state index contributed by atoms with van der Waals surface area (Å²) in [5.74, 6) is -0.256. The van der Waals surface area contributed by atoms with Gasteiger partial charge in [0.1, 0.15) is 11.5 Å². The van der Waals surface area contributed by atoms with E-state index < -0.39 is 0 Å². The Labute approximate surface area is 121 Å². The zero-order valence-corrected chi connectivity index (χ0v) is 12.9. The van der Waals surface area contributed by atoms with Crippen LogP contribution < -0.4 is 5.32 Å². The molecule has 5 heteroatoms. The van der Waals surface area contributed by atoms with E-state index in [1.165, 1.54) is 6.07 Å². The van der Waals surface area contributed by atoms with Gasteiger partial charge in [-0.3, -0.25) is 0 Å². The van der Waals surface area contributed by atoms with Gasteiger partial charge in [-0.15, -0.1) is 0 Å². The standard InChI is InChI=1S/C14H17BrFN3/c1-4-17-8-11-6-5-7-12(16)14(11)19-10(3)13(15)9(2)18-19/h5-7,17H,4,8H2,1-3H3. The predicted octanol–water partition coefficient (Wildman–Crippen LogP) is 3.50. The molecule has 1 aromatic heterocycles. The Morgan fingerprint density at radius 3 is 2.68 bits per heavy atom. The molecular weight excluding hydrogens is 309 g/mol. The highest BCUT2D eigenvalue weighted by molar-refractivity contribution is 9.10. The van der Waals surface area contributed by atoms with Crippen LogP contribution >= 0.6 is 15.9 Å². The highest BCUT2D eigenvalue weighted by Crippen LogP contribution is 2.26. The molecule has 19 heavy (non-hydrogen) atoms. The van der Waals surface area contributed by atoms with Crippen LogP contribution in [0.25, 0.3) is 5.69 Å². The van der Waals surface area contributed by atoms with Gasteiger partial charge in [0.2, 0.25) is 0 Å². The molecule has 0 spiro atoms. The number of halogens is 2. The van der Waals surface area contributed by atoms with Crippen molar-refractivity contribution in [3.63, 3.8) is 0 Å². The van der Waals surface area contributed by atoms with Gasteiger partial charge in [0, 0.05) is 6.54 Å². The van der Waals surface area contributed by atoms with Crippen molar-refractivity contribution in [2.45, 2.75) is 27.3 Å². The minimum Gasteiger partial charge on any atom is -0.313 e. The minimum absolute atomic E-state index is 0.256. The number of para-hydroxylation sites is 1. The van der Waals surface area contributed by atoms with Crippen LogP contribution in [0.3, 0.4) is 0 Å². The molecule has 0 radical (unpaired) electrons. The first-order chi connectivity index (χ1) is 9.06. The Morgan fingerprint density at radius 1 is 1.37 bits per heavy atom. The summed E-state index contributed by atoms with van der Waals surface area (Å²) in [4.78, 5) is 0. The maximum atomic E-state index is 14.2. The summed E-state index contributed by atoms with van der Waals surface area (Å²) < 4.78 is 16.8. The van der Waals surface area contributed by atoms with Crippen molar-refractivity contribution in [1.82, 2.24) is 15.1 Å². The van der Waals surface area contributed by atoms with Gasteiger partial charge in [-0.25, -0.2) is 9.07 Å². The quantitative estimate of drug-likeness (QED) is 0.932. The van der Waals surface area contributed by atoms with Gasteiger partial charge in [-0.2, -0.15) is 5.10 Å². The normalized spacial score (nSPS) is 11.0. The Morgan fingerprint density at radius 2 is 2.11 bits per heavy atom. The lowest BCUT2D eigenvalue weighted by molar-refractivity contribution is 0.599. The Balaban J connectivity index is 2.56. The first-order valence-electron chi connectivity index (χ1n) is 6.26. The summed E-state index contributed by atoms with van der Waals surface area (Å²) in [6.45, 7) is 7.32. The van der Waals surface area contributed by atoms with Gasteiger partial charge in [0.05, 0.1) is 15.9 Å². The van der Waals surface area contributed by atoms with Crippen molar-refractivity contribution < 1.29 is 4.39 Å². The van der Waals surface area contributed by atoms with Crippen molar-refractivity contribution in [3.8, 4) is 5.69 Å². The molecule has 0 aliphatic rings. The Bertz CT molecular complexity index is 593. The number of benzene rings is 1. The summed E-state index contributed by atoms with van der Waals surface area (Å²) in [5.41, 5.74) is 3.19. The number of hydrogen-bond acceptors (Lipinski definition) is 2. The first kappa shape index (κ1) is 14.2. The van der Waals surface area contributed by atoms with Crippen LogP contribution in [-0.2, 0) is 6.54 Å². The lowest BCUT2D eigenvalue weighted by Crippen LogP contribution is -2.15. The number of nitrogens with one attached hydrogen (secondary N) is 1. The molecule has 0 fully saturated rings. The molecule has 2 rings (SSSR count). The lowest BCUT2D eigenvalue weighted by Gasteiger charge is -2.12. The van der Waals surface area contributed by atoms with E-state index in [1.807, 2.05) is 26.8 Å². The first-order valence-corrected chi connectivity index (χ1v) is 7.05. The largest absolute Gasteiger partial charge is 0.313 e. The van der Waals surface area contributed by atoms with Crippen LogP contribution in [0.15, 0.2) is 22.7 Å². The third-order valence-electron chi connectivity index (χ3n) is 3.05. The van der Waals surface area contributed by atoms with Gasteiger partial charge in [-0.05, 0) is 48.0 Å².